The normalized spacial score (nSPS) is 12.5. The molecule has 2 N–H and O–H groups in total. The van der Waals surface area contributed by atoms with Crippen LogP contribution in [0, 0.1) is 0 Å². The number of carboxylic acid groups (broad SMARTS) is 1. The number of hydrogen-bond donors (Lipinski definition) is 2. The first-order valence-corrected chi connectivity index (χ1v) is 9.94. The molecular formula is C25H25NO4. The summed E-state index contributed by atoms with van der Waals surface area (Å²) in [7, 11) is 0. The molecule has 0 unspecified atom stereocenters. The maximum absolute atomic E-state index is 11.7. The van der Waals surface area contributed by atoms with Gasteiger partial charge in [0.1, 0.15) is 12.2 Å². The van der Waals surface area contributed by atoms with Crippen molar-refractivity contribution < 1.29 is 19.8 Å². The van der Waals surface area contributed by atoms with E-state index < -0.39 is 24.3 Å². The summed E-state index contributed by atoms with van der Waals surface area (Å²) in [5.74, 6) is -1.56. The monoisotopic (exact) mass is 403 g/mol. The summed E-state index contributed by atoms with van der Waals surface area (Å²) in [4.78, 5) is 27.3. The van der Waals surface area contributed by atoms with Gasteiger partial charge in [-0.1, -0.05) is 74.5 Å². The Morgan fingerprint density at radius 1 is 1.03 bits per heavy atom. The van der Waals surface area contributed by atoms with E-state index in [9.17, 15) is 14.7 Å². The maximum atomic E-state index is 11.7. The zero-order valence-electron chi connectivity index (χ0n) is 17.1. The molecule has 5 nitrogen and oxygen atoms in total. The molecule has 0 aliphatic carbocycles. The summed E-state index contributed by atoms with van der Waals surface area (Å²) in [5, 5.41) is 20.0. The van der Waals surface area contributed by atoms with Crippen LogP contribution in [0.1, 0.15) is 43.9 Å². The highest BCUT2D eigenvalue weighted by Gasteiger charge is 2.18. The Balaban J connectivity index is 2.11. The molecule has 1 atom stereocenters. The van der Waals surface area contributed by atoms with E-state index in [0.29, 0.717) is 0 Å². The van der Waals surface area contributed by atoms with Crippen LogP contribution in [0.3, 0.4) is 0 Å². The third-order valence-corrected chi connectivity index (χ3v) is 4.84. The van der Waals surface area contributed by atoms with Gasteiger partial charge in [-0.2, -0.15) is 0 Å². The van der Waals surface area contributed by atoms with Crippen molar-refractivity contribution in [1.82, 2.24) is 4.98 Å². The van der Waals surface area contributed by atoms with Gasteiger partial charge in [-0.3, -0.25) is 14.6 Å². The second-order valence-corrected chi connectivity index (χ2v) is 7.56. The molecule has 0 saturated carbocycles. The molecule has 0 radical (unpaired) electrons. The summed E-state index contributed by atoms with van der Waals surface area (Å²) in [6.07, 6.45) is 1.46. The van der Waals surface area contributed by atoms with Gasteiger partial charge in [0.05, 0.1) is 17.3 Å². The van der Waals surface area contributed by atoms with Crippen molar-refractivity contribution in [2.45, 2.75) is 38.7 Å². The number of para-hydroxylation sites is 1. The van der Waals surface area contributed by atoms with Crippen molar-refractivity contribution in [3.63, 3.8) is 0 Å². The molecule has 3 aromatic rings. The Morgan fingerprint density at radius 3 is 2.37 bits per heavy atom. The number of fused-ring (bicyclic) bond motifs is 1. The quantitative estimate of drug-likeness (QED) is 0.526. The van der Waals surface area contributed by atoms with E-state index in [2.05, 4.69) is 13.8 Å². The lowest BCUT2D eigenvalue weighted by Gasteiger charge is -2.18. The lowest BCUT2D eigenvalue weighted by Crippen LogP contribution is -2.14. The summed E-state index contributed by atoms with van der Waals surface area (Å²) >= 11 is 0. The second-order valence-electron chi connectivity index (χ2n) is 7.56. The minimum absolute atomic E-state index is 0.141. The average Bonchev–Trinajstić information content (AvgIpc) is 2.71. The highest BCUT2D eigenvalue weighted by Crippen LogP contribution is 2.36. The molecule has 0 amide bonds. The predicted molar refractivity (Wildman–Crippen MR) is 118 cm³/mol. The largest absolute Gasteiger partial charge is 0.481 e. The van der Waals surface area contributed by atoms with Gasteiger partial charge in [-0.15, -0.1) is 0 Å². The topological polar surface area (TPSA) is 87.5 Å². The fourth-order valence-corrected chi connectivity index (χ4v) is 3.52. The third-order valence-electron chi connectivity index (χ3n) is 4.84. The van der Waals surface area contributed by atoms with E-state index in [1.807, 2.05) is 54.6 Å². The predicted octanol–water partition coefficient (Wildman–Crippen LogP) is 4.83. The van der Waals surface area contributed by atoms with Crippen LogP contribution in [0.4, 0.5) is 0 Å². The van der Waals surface area contributed by atoms with Gasteiger partial charge >= 0.3 is 5.97 Å². The van der Waals surface area contributed by atoms with E-state index in [0.717, 1.165) is 33.3 Å². The van der Waals surface area contributed by atoms with Crippen molar-refractivity contribution >= 4 is 28.7 Å². The number of carbonyl (C=O) groups excluding carboxylic acids is 1. The molecule has 1 aromatic heterocycles. The zero-order chi connectivity index (χ0) is 21.7. The maximum Gasteiger partial charge on any atom is 0.310 e. The molecule has 0 saturated heterocycles. The van der Waals surface area contributed by atoms with E-state index in [-0.39, 0.29) is 12.3 Å². The Bertz CT molecular complexity index is 1090. The molecule has 2 aromatic carbocycles. The Kier molecular flexibility index (Phi) is 6.75. The van der Waals surface area contributed by atoms with Crippen LogP contribution in [0.25, 0.3) is 28.1 Å². The van der Waals surface area contributed by atoms with Crippen LogP contribution in [0.5, 0.6) is 0 Å². The number of hydrogen-bond acceptors (Lipinski definition) is 4. The molecule has 1 heterocycles. The molecule has 0 aliphatic heterocycles. The van der Waals surface area contributed by atoms with Crippen molar-refractivity contribution in [3.8, 4) is 11.1 Å². The fourth-order valence-electron chi connectivity index (χ4n) is 3.52. The first-order valence-electron chi connectivity index (χ1n) is 9.94. The van der Waals surface area contributed by atoms with Crippen molar-refractivity contribution in [3.05, 3.63) is 71.9 Å². The molecule has 30 heavy (non-hydrogen) atoms. The molecule has 0 spiro atoms. The van der Waals surface area contributed by atoms with E-state index >= 15 is 0 Å². The Hall–Kier alpha value is -3.31. The third kappa shape index (κ3) is 4.99. The summed E-state index contributed by atoms with van der Waals surface area (Å²) in [6.45, 7) is 4.13. The lowest BCUT2D eigenvalue weighted by atomic mass is 9.90. The number of nitrogens with zero attached hydrogens (tertiary/aromatic N) is 1. The Morgan fingerprint density at radius 2 is 1.70 bits per heavy atom. The summed E-state index contributed by atoms with van der Waals surface area (Å²) < 4.78 is 0. The minimum Gasteiger partial charge on any atom is -0.481 e. The number of Topliss-reactive ketones (excluding diaryl/α,β-unsaturated/α-hetero) is 1. The van der Waals surface area contributed by atoms with Gasteiger partial charge < -0.3 is 10.2 Å². The first kappa shape index (κ1) is 21.4. The average molecular weight is 403 g/mol. The smallest absolute Gasteiger partial charge is 0.310 e. The number of pyridine rings is 1. The Labute approximate surface area is 175 Å². The van der Waals surface area contributed by atoms with Gasteiger partial charge in [0.2, 0.25) is 0 Å². The fraction of sp³-hybridized carbons (Fsp3) is 0.240. The van der Waals surface area contributed by atoms with E-state index in [1.54, 1.807) is 12.2 Å². The van der Waals surface area contributed by atoms with Gasteiger partial charge in [0, 0.05) is 22.9 Å². The number of carbonyl (C=O) groups is 2. The summed E-state index contributed by atoms with van der Waals surface area (Å²) in [6, 6.07) is 17.9. The first-order chi connectivity index (χ1) is 14.4. The van der Waals surface area contributed by atoms with Gasteiger partial charge in [-0.25, -0.2) is 0 Å². The number of aliphatic hydroxyl groups excluding tert-OH is 1. The number of aliphatic carboxylic acids is 1. The number of ketones is 1. The standard InChI is InChI=1S/C25H25NO4/c1-16(2)25-21(13-12-18(27)14-19(28)15-23(29)30)24(17-8-4-3-5-9-17)20-10-6-7-11-22(20)26-25/h3-13,16,18,27H,14-15H2,1-2H3,(H,29,30)/t18-/m1/s1. The van der Waals surface area contributed by atoms with Crippen LogP contribution >= 0.6 is 0 Å². The highest BCUT2D eigenvalue weighted by molar-refractivity contribution is 5.99. The van der Waals surface area contributed by atoms with Crippen LogP contribution in [-0.2, 0) is 9.59 Å². The number of rotatable bonds is 8. The number of benzene rings is 2. The second kappa shape index (κ2) is 9.46. The molecule has 0 aliphatic rings. The number of aliphatic hydroxyl groups is 1. The SMILES string of the molecule is CC(C)c1nc2ccccc2c(-c2ccccc2)c1C=C[C@@H](O)CC(=O)CC(=O)O. The van der Waals surface area contributed by atoms with Crippen LogP contribution in [0.2, 0.25) is 0 Å². The van der Waals surface area contributed by atoms with Gasteiger partial charge in [0.25, 0.3) is 0 Å². The van der Waals surface area contributed by atoms with Crippen LogP contribution in [-0.4, -0.2) is 33.1 Å². The van der Waals surface area contributed by atoms with E-state index in [1.165, 1.54) is 0 Å². The van der Waals surface area contributed by atoms with Crippen LogP contribution in [0.15, 0.2) is 60.7 Å². The van der Waals surface area contributed by atoms with E-state index in [4.69, 9.17) is 10.1 Å². The molecule has 5 heteroatoms. The summed E-state index contributed by atoms with van der Waals surface area (Å²) in [5.41, 5.74) is 4.74. The van der Waals surface area contributed by atoms with Crippen molar-refractivity contribution in [1.29, 1.82) is 0 Å². The number of aromatic nitrogens is 1. The molecular weight excluding hydrogens is 378 g/mol. The van der Waals surface area contributed by atoms with Crippen molar-refractivity contribution in [2.75, 3.05) is 0 Å². The van der Waals surface area contributed by atoms with Gasteiger partial charge in [0.15, 0.2) is 0 Å². The molecule has 0 bridgehead atoms. The van der Waals surface area contributed by atoms with Crippen molar-refractivity contribution in [2.24, 2.45) is 0 Å². The van der Waals surface area contributed by atoms with Crippen LogP contribution < -0.4 is 0 Å². The lowest BCUT2D eigenvalue weighted by molar-refractivity contribution is -0.140. The molecule has 154 valence electrons. The molecule has 3 rings (SSSR count). The minimum atomic E-state index is -1.19. The highest BCUT2D eigenvalue weighted by atomic mass is 16.4. The molecule has 0 fully saturated rings. The van der Waals surface area contributed by atoms with Gasteiger partial charge in [-0.05, 0) is 17.5 Å². The number of carboxylic acids is 1. The zero-order valence-corrected chi connectivity index (χ0v) is 17.1.